The summed E-state index contributed by atoms with van der Waals surface area (Å²) in [6.07, 6.45) is 6.12. The third kappa shape index (κ3) is 4.76. The summed E-state index contributed by atoms with van der Waals surface area (Å²) in [5, 5.41) is 10.3. The van der Waals surface area contributed by atoms with Gasteiger partial charge in [0, 0.05) is 43.0 Å². The molecule has 1 aliphatic rings. The number of nitrogens with one attached hydrogen (secondary N) is 2. The second-order valence-electron chi connectivity index (χ2n) is 7.78. The number of nitrogens with zero attached hydrogens (tertiary/aromatic N) is 5. The molecule has 0 fully saturated rings. The number of hydrogen-bond acceptors (Lipinski definition) is 8. The zero-order valence-corrected chi connectivity index (χ0v) is 19.1. The fourth-order valence-corrected chi connectivity index (χ4v) is 4.68. The number of carbonyl (C=O) groups excluding carboxylic acids is 1. The van der Waals surface area contributed by atoms with Crippen molar-refractivity contribution in [2.45, 2.75) is 26.5 Å². The van der Waals surface area contributed by atoms with Gasteiger partial charge in [-0.05, 0) is 36.2 Å². The number of aromatic nitrogens is 5. The van der Waals surface area contributed by atoms with E-state index < -0.39 is 0 Å². The number of ether oxygens (including phenoxy) is 1. The van der Waals surface area contributed by atoms with Crippen molar-refractivity contribution in [2.75, 3.05) is 11.9 Å². The van der Waals surface area contributed by atoms with Gasteiger partial charge in [-0.3, -0.25) is 14.5 Å². The van der Waals surface area contributed by atoms with Crippen LogP contribution in [0.15, 0.2) is 42.9 Å². The average Bonchev–Trinajstić information content (AvgIpc) is 3.44. The Morgan fingerprint density at radius 2 is 2.12 bits per heavy atom. The highest BCUT2D eigenvalue weighted by molar-refractivity contribution is 7.14. The van der Waals surface area contributed by atoms with Gasteiger partial charge in [0.1, 0.15) is 0 Å². The van der Waals surface area contributed by atoms with E-state index in [9.17, 15) is 4.79 Å². The average molecular weight is 462 g/mol. The van der Waals surface area contributed by atoms with Gasteiger partial charge in [0.2, 0.25) is 5.95 Å². The minimum absolute atomic E-state index is 0.0696. The largest absolute Gasteiger partial charge is 0.376 e. The summed E-state index contributed by atoms with van der Waals surface area (Å²) >= 11 is 1.55. The van der Waals surface area contributed by atoms with E-state index in [2.05, 4.69) is 25.7 Å². The predicted octanol–water partition coefficient (Wildman–Crippen LogP) is 3.39. The highest BCUT2D eigenvalue weighted by Gasteiger charge is 2.18. The van der Waals surface area contributed by atoms with Crippen LogP contribution in [0.5, 0.6) is 0 Å². The number of amides is 1. The fourth-order valence-electron chi connectivity index (χ4n) is 3.62. The predicted molar refractivity (Wildman–Crippen MR) is 125 cm³/mol. The van der Waals surface area contributed by atoms with Crippen molar-refractivity contribution in [3.05, 3.63) is 69.4 Å². The first-order valence-corrected chi connectivity index (χ1v) is 11.4. The Kier molecular flexibility index (Phi) is 5.84. The van der Waals surface area contributed by atoms with Crippen LogP contribution in [-0.2, 0) is 31.4 Å². The van der Waals surface area contributed by atoms with Crippen LogP contribution in [0, 0.1) is 6.92 Å². The molecule has 9 nitrogen and oxygen atoms in total. The number of anilines is 2. The Labute approximate surface area is 194 Å². The van der Waals surface area contributed by atoms with Crippen LogP contribution in [0.2, 0.25) is 0 Å². The van der Waals surface area contributed by atoms with E-state index in [0.29, 0.717) is 24.8 Å². The number of carbonyl (C=O) groups is 1. The summed E-state index contributed by atoms with van der Waals surface area (Å²) in [7, 11) is 1.85. The van der Waals surface area contributed by atoms with Gasteiger partial charge in [0.25, 0.3) is 5.91 Å². The van der Waals surface area contributed by atoms with Crippen molar-refractivity contribution in [1.29, 1.82) is 0 Å². The Bertz CT molecular complexity index is 1290. The monoisotopic (exact) mass is 461 g/mol. The molecule has 0 aliphatic carbocycles. The van der Waals surface area contributed by atoms with Crippen LogP contribution in [-0.4, -0.2) is 37.2 Å². The maximum atomic E-state index is 12.6. The van der Waals surface area contributed by atoms with Crippen molar-refractivity contribution in [2.24, 2.45) is 7.05 Å². The molecule has 5 heterocycles. The minimum atomic E-state index is -0.0696. The highest BCUT2D eigenvalue weighted by atomic mass is 32.1. The van der Waals surface area contributed by atoms with Crippen LogP contribution in [0.3, 0.4) is 0 Å². The second-order valence-corrected chi connectivity index (χ2v) is 8.92. The van der Waals surface area contributed by atoms with E-state index in [1.807, 2.05) is 44.4 Å². The van der Waals surface area contributed by atoms with E-state index >= 15 is 0 Å². The number of thiophene rings is 1. The van der Waals surface area contributed by atoms with Crippen LogP contribution in [0.4, 0.5) is 11.6 Å². The van der Waals surface area contributed by atoms with Crippen LogP contribution >= 0.6 is 11.3 Å². The fraction of sp³-hybridized carbons (Fsp3) is 0.261. The molecular weight excluding hydrogens is 438 g/mol. The molecule has 0 atom stereocenters. The molecule has 4 aromatic heterocycles. The molecule has 10 heteroatoms. The lowest BCUT2D eigenvalue weighted by Gasteiger charge is -2.10. The molecule has 0 saturated heterocycles. The molecule has 168 valence electrons. The molecular formula is C23H23N7O2S. The summed E-state index contributed by atoms with van der Waals surface area (Å²) in [4.78, 5) is 28.1. The molecule has 5 rings (SSSR count). The molecule has 4 aromatic rings. The van der Waals surface area contributed by atoms with Gasteiger partial charge < -0.3 is 15.4 Å². The molecule has 1 aliphatic heterocycles. The van der Waals surface area contributed by atoms with E-state index in [1.165, 1.54) is 4.88 Å². The lowest BCUT2D eigenvalue weighted by molar-refractivity contribution is 0.0954. The summed E-state index contributed by atoms with van der Waals surface area (Å²) in [5.41, 5.74) is 5.18. The van der Waals surface area contributed by atoms with E-state index in [1.54, 1.807) is 28.4 Å². The van der Waals surface area contributed by atoms with E-state index in [0.717, 1.165) is 46.1 Å². The molecule has 33 heavy (non-hydrogen) atoms. The van der Waals surface area contributed by atoms with Gasteiger partial charge in [0.05, 0.1) is 41.4 Å². The Morgan fingerprint density at radius 3 is 2.91 bits per heavy atom. The zero-order chi connectivity index (χ0) is 22.8. The standard InChI is InChI=1S/C23H23N7O2S/c1-14-15(10-25-22(31)21-9-16-13-32-8-6-20(16)33-21)3-4-18(27-14)19-5-7-24-23(29-19)28-17-11-26-30(2)12-17/h3-5,7,9,11-12H,6,8,10,13H2,1-2H3,(H,25,31)(H,24,28,29). The second kappa shape index (κ2) is 9.08. The maximum Gasteiger partial charge on any atom is 0.261 e. The number of hydrogen-bond donors (Lipinski definition) is 2. The molecule has 0 saturated carbocycles. The first kappa shape index (κ1) is 21.2. The SMILES string of the molecule is Cc1nc(-c2ccnc(Nc3cnn(C)c3)n2)ccc1CNC(=O)c1cc2c(s1)CCOC2. The van der Waals surface area contributed by atoms with Gasteiger partial charge >= 0.3 is 0 Å². The topological polar surface area (TPSA) is 107 Å². The minimum Gasteiger partial charge on any atom is -0.376 e. The number of fused-ring (bicyclic) bond motifs is 1. The molecule has 0 unspecified atom stereocenters. The smallest absolute Gasteiger partial charge is 0.261 e. The lowest BCUT2D eigenvalue weighted by Crippen LogP contribution is -2.22. The van der Waals surface area contributed by atoms with Crippen LogP contribution in [0.25, 0.3) is 11.4 Å². The molecule has 1 amide bonds. The lowest BCUT2D eigenvalue weighted by atomic mass is 10.1. The number of rotatable bonds is 6. The highest BCUT2D eigenvalue weighted by Crippen LogP contribution is 2.27. The van der Waals surface area contributed by atoms with Crippen molar-refractivity contribution in [3.63, 3.8) is 0 Å². The zero-order valence-electron chi connectivity index (χ0n) is 18.3. The molecule has 0 spiro atoms. The summed E-state index contributed by atoms with van der Waals surface area (Å²) in [6.45, 7) is 3.65. The molecule has 2 N–H and O–H groups in total. The Balaban J connectivity index is 1.26. The van der Waals surface area contributed by atoms with Crippen molar-refractivity contribution in [1.82, 2.24) is 30.0 Å². The quantitative estimate of drug-likeness (QED) is 0.453. The Morgan fingerprint density at radius 1 is 1.24 bits per heavy atom. The number of pyridine rings is 1. The van der Waals surface area contributed by atoms with E-state index in [-0.39, 0.29) is 5.91 Å². The molecule has 0 aromatic carbocycles. The first-order chi connectivity index (χ1) is 16.0. The third-order valence-corrected chi connectivity index (χ3v) is 6.60. The van der Waals surface area contributed by atoms with Crippen molar-refractivity contribution >= 4 is 28.9 Å². The normalized spacial score (nSPS) is 12.9. The summed E-state index contributed by atoms with van der Waals surface area (Å²) < 4.78 is 7.17. The van der Waals surface area contributed by atoms with Gasteiger partial charge in [0.15, 0.2) is 0 Å². The van der Waals surface area contributed by atoms with Gasteiger partial charge in [-0.25, -0.2) is 9.97 Å². The van der Waals surface area contributed by atoms with Crippen LogP contribution < -0.4 is 10.6 Å². The maximum absolute atomic E-state index is 12.6. The van der Waals surface area contributed by atoms with E-state index in [4.69, 9.17) is 9.72 Å². The van der Waals surface area contributed by atoms with Crippen molar-refractivity contribution < 1.29 is 9.53 Å². The van der Waals surface area contributed by atoms with Crippen LogP contribution in [0.1, 0.15) is 31.4 Å². The Hall–Kier alpha value is -3.63. The van der Waals surface area contributed by atoms with Gasteiger partial charge in [-0.2, -0.15) is 5.10 Å². The van der Waals surface area contributed by atoms with Gasteiger partial charge in [-0.15, -0.1) is 11.3 Å². The number of aryl methyl sites for hydroxylation is 2. The molecule has 0 radical (unpaired) electrons. The third-order valence-electron chi connectivity index (χ3n) is 5.37. The molecule has 0 bridgehead atoms. The van der Waals surface area contributed by atoms with Gasteiger partial charge in [-0.1, -0.05) is 6.07 Å². The first-order valence-electron chi connectivity index (χ1n) is 10.6. The van der Waals surface area contributed by atoms with Crippen molar-refractivity contribution in [3.8, 4) is 11.4 Å². The summed E-state index contributed by atoms with van der Waals surface area (Å²) in [6, 6.07) is 7.64. The summed E-state index contributed by atoms with van der Waals surface area (Å²) in [5.74, 6) is 0.403.